The van der Waals surface area contributed by atoms with Gasteiger partial charge in [-0.25, -0.2) is 9.18 Å². The zero-order chi connectivity index (χ0) is 13.1. The summed E-state index contributed by atoms with van der Waals surface area (Å²) in [4.78, 5) is 27.7. The number of piperidine rings is 1. The minimum atomic E-state index is -0.976. The molecular formula is C12H13FN2O3. The molecule has 1 aliphatic heterocycles. The van der Waals surface area contributed by atoms with E-state index in [1.165, 1.54) is 17.2 Å². The topological polar surface area (TPSA) is 70.5 Å². The number of carboxylic acid groups (broad SMARTS) is 1. The van der Waals surface area contributed by atoms with Crippen LogP contribution in [-0.4, -0.2) is 40.0 Å². The zero-order valence-electron chi connectivity index (χ0n) is 9.67. The Balaban J connectivity index is 2.04. The maximum atomic E-state index is 13.4. The number of carbonyl (C=O) groups is 2. The third-order valence-electron chi connectivity index (χ3n) is 3.17. The Morgan fingerprint density at radius 3 is 2.61 bits per heavy atom. The maximum absolute atomic E-state index is 13.4. The van der Waals surface area contributed by atoms with Crippen LogP contribution in [-0.2, 0) is 0 Å². The first-order valence-electron chi connectivity index (χ1n) is 5.71. The van der Waals surface area contributed by atoms with Gasteiger partial charge < -0.3 is 10.0 Å². The van der Waals surface area contributed by atoms with E-state index >= 15 is 0 Å². The van der Waals surface area contributed by atoms with E-state index in [9.17, 15) is 14.0 Å². The number of carbonyl (C=O) groups excluding carboxylic acids is 1. The van der Waals surface area contributed by atoms with Gasteiger partial charge in [0.2, 0.25) is 0 Å². The Hall–Kier alpha value is -1.98. The number of aromatic nitrogens is 1. The van der Waals surface area contributed by atoms with Crippen LogP contribution in [0.15, 0.2) is 18.5 Å². The monoisotopic (exact) mass is 252 g/mol. The van der Waals surface area contributed by atoms with Gasteiger partial charge in [0.15, 0.2) is 11.6 Å². The molecule has 1 saturated heterocycles. The van der Waals surface area contributed by atoms with Crippen molar-refractivity contribution in [3.63, 3.8) is 0 Å². The Morgan fingerprint density at radius 1 is 1.39 bits per heavy atom. The number of ketones is 1. The molecule has 1 aromatic rings. The molecule has 2 heterocycles. The maximum Gasteiger partial charge on any atom is 0.407 e. The lowest BCUT2D eigenvalue weighted by Crippen LogP contribution is -2.39. The molecule has 0 spiro atoms. The number of hydrogen-bond donors (Lipinski definition) is 1. The normalized spacial score (nSPS) is 16.6. The van der Waals surface area contributed by atoms with Crippen LogP contribution in [0.25, 0.3) is 0 Å². The lowest BCUT2D eigenvalue weighted by Gasteiger charge is -2.29. The van der Waals surface area contributed by atoms with Gasteiger partial charge >= 0.3 is 6.09 Å². The molecule has 18 heavy (non-hydrogen) atoms. The number of pyridine rings is 1. The third kappa shape index (κ3) is 2.47. The molecule has 2 rings (SSSR count). The van der Waals surface area contributed by atoms with Gasteiger partial charge in [0.05, 0.1) is 11.8 Å². The minimum Gasteiger partial charge on any atom is -0.465 e. The van der Waals surface area contributed by atoms with Crippen LogP contribution in [0.3, 0.4) is 0 Å². The number of likely N-dealkylation sites (tertiary alicyclic amines) is 1. The van der Waals surface area contributed by atoms with Gasteiger partial charge in [-0.15, -0.1) is 0 Å². The van der Waals surface area contributed by atoms with Crippen LogP contribution in [0.1, 0.15) is 23.2 Å². The smallest absolute Gasteiger partial charge is 0.407 e. The van der Waals surface area contributed by atoms with Crippen LogP contribution >= 0.6 is 0 Å². The average molecular weight is 252 g/mol. The number of amides is 1. The highest BCUT2D eigenvalue weighted by atomic mass is 19.1. The fourth-order valence-corrected chi connectivity index (χ4v) is 2.13. The first kappa shape index (κ1) is 12.5. The van der Waals surface area contributed by atoms with E-state index < -0.39 is 11.9 Å². The Bertz CT molecular complexity index is 470. The summed E-state index contributed by atoms with van der Waals surface area (Å²) in [7, 11) is 0. The summed E-state index contributed by atoms with van der Waals surface area (Å²) in [5.41, 5.74) is 0.0405. The fraction of sp³-hybridized carbons (Fsp3) is 0.417. The standard InChI is InChI=1S/C12H13FN2O3/c13-10-7-14-4-1-9(10)11(16)8-2-5-15(6-3-8)12(17)18/h1,4,7-8H,2-3,5-6H2,(H,17,18). The highest BCUT2D eigenvalue weighted by Gasteiger charge is 2.28. The predicted molar refractivity (Wildman–Crippen MR) is 60.8 cm³/mol. The second kappa shape index (κ2) is 5.12. The molecule has 5 nitrogen and oxygen atoms in total. The molecule has 0 saturated carbocycles. The van der Waals surface area contributed by atoms with Gasteiger partial charge in [-0.2, -0.15) is 0 Å². The van der Waals surface area contributed by atoms with Gasteiger partial charge in [-0.1, -0.05) is 0 Å². The summed E-state index contributed by atoms with van der Waals surface area (Å²) in [6.07, 6.45) is 2.29. The van der Waals surface area contributed by atoms with Crippen LogP contribution < -0.4 is 0 Å². The van der Waals surface area contributed by atoms with Crippen molar-refractivity contribution < 1.29 is 19.1 Å². The highest BCUT2D eigenvalue weighted by molar-refractivity contribution is 5.98. The van der Waals surface area contributed by atoms with Gasteiger partial charge in [-0.05, 0) is 18.9 Å². The van der Waals surface area contributed by atoms with Crippen LogP contribution in [0.5, 0.6) is 0 Å². The lowest BCUT2D eigenvalue weighted by atomic mass is 9.89. The number of nitrogens with zero attached hydrogens (tertiary/aromatic N) is 2. The van der Waals surface area contributed by atoms with Crippen LogP contribution in [0.2, 0.25) is 0 Å². The molecule has 0 radical (unpaired) electrons. The highest BCUT2D eigenvalue weighted by Crippen LogP contribution is 2.22. The molecule has 0 unspecified atom stereocenters. The molecule has 1 N–H and O–H groups in total. The fourth-order valence-electron chi connectivity index (χ4n) is 2.13. The number of halogens is 1. The summed E-state index contributed by atoms with van der Waals surface area (Å²) in [6.45, 7) is 0.636. The summed E-state index contributed by atoms with van der Waals surface area (Å²) in [5, 5.41) is 8.80. The van der Waals surface area contributed by atoms with E-state index in [4.69, 9.17) is 5.11 Å². The Labute approximate surface area is 103 Å². The SMILES string of the molecule is O=C(c1ccncc1F)C1CCN(C(=O)O)CC1. The largest absolute Gasteiger partial charge is 0.465 e. The quantitative estimate of drug-likeness (QED) is 0.815. The first-order valence-corrected chi connectivity index (χ1v) is 5.71. The van der Waals surface area contributed by atoms with E-state index in [1.807, 2.05) is 0 Å². The van der Waals surface area contributed by atoms with Crippen molar-refractivity contribution in [1.82, 2.24) is 9.88 Å². The Kier molecular flexibility index (Phi) is 3.55. The molecular weight excluding hydrogens is 239 g/mol. The van der Waals surface area contributed by atoms with Crippen molar-refractivity contribution in [3.8, 4) is 0 Å². The number of Topliss-reactive ketones (excluding diaryl/α,β-unsaturated/α-hetero) is 1. The zero-order valence-corrected chi connectivity index (χ0v) is 9.67. The van der Waals surface area contributed by atoms with E-state index in [-0.39, 0.29) is 17.3 Å². The summed E-state index contributed by atoms with van der Waals surface area (Å²) >= 11 is 0. The van der Waals surface area contributed by atoms with Gasteiger partial charge in [0, 0.05) is 25.2 Å². The summed E-state index contributed by atoms with van der Waals surface area (Å²) < 4.78 is 13.4. The molecule has 1 aliphatic rings. The third-order valence-corrected chi connectivity index (χ3v) is 3.17. The lowest BCUT2D eigenvalue weighted by molar-refractivity contribution is 0.0817. The second-order valence-corrected chi connectivity index (χ2v) is 4.26. The summed E-state index contributed by atoms with van der Waals surface area (Å²) in [6, 6.07) is 1.36. The van der Waals surface area contributed by atoms with E-state index in [1.54, 1.807) is 0 Å². The van der Waals surface area contributed by atoms with E-state index in [0.29, 0.717) is 25.9 Å². The van der Waals surface area contributed by atoms with E-state index in [2.05, 4.69) is 4.98 Å². The molecule has 0 atom stereocenters. The van der Waals surface area contributed by atoms with Gasteiger partial charge in [0.1, 0.15) is 0 Å². The molecule has 0 aromatic carbocycles. The minimum absolute atomic E-state index is 0.0405. The average Bonchev–Trinajstić information content (AvgIpc) is 2.38. The Morgan fingerprint density at radius 2 is 2.06 bits per heavy atom. The van der Waals surface area contributed by atoms with Gasteiger partial charge in [-0.3, -0.25) is 9.78 Å². The van der Waals surface area contributed by atoms with Crippen molar-refractivity contribution in [2.24, 2.45) is 5.92 Å². The molecule has 0 bridgehead atoms. The van der Waals surface area contributed by atoms with Crippen LogP contribution in [0.4, 0.5) is 9.18 Å². The molecule has 0 aliphatic carbocycles. The van der Waals surface area contributed by atoms with Gasteiger partial charge in [0.25, 0.3) is 0 Å². The number of hydrogen-bond acceptors (Lipinski definition) is 3. The van der Waals surface area contributed by atoms with Crippen molar-refractivity contribution in [2.75, 3.05) is 13.1 Å². The van der Waals surface area contributed by atoms with Crippen LogP contribution in [0, 0.1) is 11.7 Å². The van der Waals surface area contributed by atoms with Crippen molar-refractivity contribution in [2.45, 2.75) is 12.8 Å². The second-order valence-electron chi connectivity index (χ2n) is 4.26. The molecule has 96 valence electrons. The van der Waals surface area contributed by atoms with Crippen molar-refractivity contribution in [3.05, 3.63) is 29.8 Å². The molecule has 1 aromatic heterocycles. The molecule has 6 heteroatoms. The van der Waals surface area contributed by atoms with Crippen molar-refractivity contribution in [1.29, 1.82) is 0 Å². The summed E-state index contributed by atoms with van der Waals surface area (Å²) in [5.74, 6) is -1.19. The first-order chi connectivity index (χ1) is 8.59. The molecule has 1 fully saturated rings. The van der Waals surface area contributed by atoms with Crippen molar-refractivity contribution >= 4 is 11.9 Å². The predicted octanol–water partition coefficient (Wildman–Crippen LogP) is 1.79. The van der Waals surface area contributed by atoms with E-state index in [0.717, 1.165) is 6.20 Å². The number of rotatable bonds is 2. The molecule has 1 amide bonds.